The molecule has 2 aliphatic rings. The molecule has 2 heterocycles. The summed E-state index contributed by atoms with van der Waals surface area (Å²) in [6, 6.07) is 0.322. The Bertz CT molecular complexity index is 487. The van der Waals surface area contributed by atoms with Crippen LogP contribution in [0.3, 0.4) is 0 Å². The zero-order valence-corrected chi connectivity index (χ0v) is 15.9. The van der Waals surface area contributed by atoms with Gasteiger partial charge in [-0.1, -0.05) is 12.2 Å². The number of nitrogens with zero attached hydrogens (tertiary/aromatic N) is 2. The molecule has 0 bridgehead atoms. The number of carbonyl (C=O) groups is 1. The van der Waals surface area contributed by atoms with Crippen LogP contribution in [0.25, 0.3) is 0 Å². The Morgan fingerprint density at radius 1 is 1.50 bits per heavy atom. The van der Waals surface area contributed by atoms with Crippen LogP contribution in [0.15, 0.2) is 17.1 Å². The first-order valence-corrected chi connectivity index (χ1v) is 9.67. The summed E-state index contributed by atoms with van der Waals surface area (Å²) in [6.07, 6.45) is 3.08. The zero-order chi connectivity index (χ0) is 17.6. The Kier molecular flexibility index (Phi) is 6.98. The molecule has 136 valence electrons. The van der Waals surface area contributed by atoms with Crippen molar-refractivity contribution in [3.05, 3.63) is 12.2 Å². The summed E-state index contributed by atoms with van der Waals surface area (Å²) in [5.41, 5.74) is 1.05. The summed E-state index contributed by atoms with van der Waals surface area (Å²) in [4.78, 5) is 17.8. The second-order valence-electron chi connectivity index (χ2n) is 6.93. The molecule has 6 nitrogen and oxygen atoms in total. The fourth-order valence-electron chi connectivity index (χ4n) is 2.88. The monoisotopic (exact) mass is 354 g/mol. The van der Waals surface area contributed by atoms with Crippen LogP contribution in [-0.4, -0.2) is 73.7 Å². The van der Waals surface area contributed by atoms with Gasteiger partial charge in [-0.15, -0.1) is 0 Å². The first kappa shape index (κ1) is 19.1. The molecule has 0 aromatic heterocycles. The van der Waals surface area contributed by atoms with Crippen LogP contribution < -0.4 is 10.6 Å². The van der Waals surface area contributed by atoms with Crippen molar-refractivity contribution in [3.8, 4) is 0 Å². The van der Waals surface area contributed by atoms with E-state index in [1.54, 1.807) is 19.0 Å². The number of ether oxygens (including phenoxy) is 1. The molecule has 2 fully saturated rings. The first-order valence-electron chi connectivity index (χ1n) is 8.51. The third kappa shape index (κ3) is 5.70. The summed E-state index contributed by atoms with van der Waals surface area (Å²) in [6.45, 7) is 7.45. The van der Waals surface area contributed by atoms with Gasteiger partial charge in [-0.05, 0) is 31.9 Å². The third-order valence-corrected chi connectivity index (χ3v) is 5.55. The van der Waals surface area contributed by atoms with Crippen LogP contribution in [0.5, 0.6) is 0 Å². The highest BCUT2D eigenvalue weighted by Crippen LogP contribution is 2.38. The molecule has 7 heteroatoms. The summed E-state index contributed by atoms with van der Waals surface area (Å²) in [7, 11) is 3.48. The van der Waals surface area contributed by atoms with Gasteiger partial charge in [0.25, 0.3) is 0 Å². The molecule has 0 aromatic rings. The van der Waals surface area contributed by atoms with Gasteiger partial charge in [0.1, 0.15) is 6.54 Å². The average Bonchev–Trinajstić information content (AvgIpc) is 2.97. The van der Waals surface area contributed by atoms with E-state index in [0.29, 0.717) is 18.5 Å². The van der Waals surface area contributed by atoms with Crippen molar-refractivity contribution in [2.45, 2.75) is 37.8 Å². The molecule has 2 saturated heterocycles. The molecule has 0 radical (unpaired) electrons. The van der Waals surface area contributed by atoms with Gasteiger partial charge in [-0.25, -0.2) is 4.99 Å². The van der Waals surface area contributed by atoms with E-state index in [2.05, 4.69) is 22.2 Å². The smallest absolute Gasteiger partial charge is 0.243 e. The van der Waals surface area contributed by atoms with Crippen molar-refractivity contribution >= 4 is 23.6 Å². The minimum Gasteiger partial charge on any atom is -0.374 e. The average molecular weight is 355 g/mol. The molecular formula is C17H30N4O2S. The molecule has 0 aromatic carbocycles. The normalized spacial score (nSPS) is 27.1. The molecule has 1 amide bonds. The standard InChI is InChI=1S/C17H30N4O2S/c1-13(2)10-18-16(19-11-15(22)21(3)4)20-14-5-7-23-17(9-14)6-8-24-12-17/h14H,1,5-12H2,2-4H3,(H2,18,19,20). The van der Waals surface area contributed by atoms with E-state index in [1.807, 2.05) is 18.7 Å². The van der Waals surface area contributed by atoms with Crippen molar-refractivity contribution in [2.75, 3.05) is 45.3 Å². The van der Waals surface area contributed by atoms with Crippen LogP contribution in [-0.2, 0) is 9.53 Å². The Morgan fingerprint density at radius 2 is 2.29 bits per heavy atom. The quantitative estimate of drug-likeness (QED) is 0.442. The van der Waals surface area contributed by atoms with Crippen molar-refractivity contribution in [1.82, 2.24) is 15.5 Å². The molecule has 24 heavy (non-hydrogen) atoms. The maximum absolute atomic E-state index is 11.8. The topological polar surface area (TPSA) is 66.0 Å². The number of likely N-dealkylation sites (N-methyl/N-ethyl adjacent to an activating group) is 1. The van der Waals surface area contributed by atoms with E-state index in [9.17, 15) is 4.79 Å². The second kappa shape index (κ2) is 8.76. The number of hydrogen-bond acceptors (Lipinski definition) is 4. The van der Waals surface area contributed by atoms with Gasteiger partial charge in [-0.3, -0.25) is 4.79 Å². The first-order chi connectivity index (χ1) is 11.4. The Labute approximate surface area is 149 Å². The Balaban J connectivity index is 1.96. The highest BCUT2D eigenvalue weighted by atomic mass is 32.2. The minimum absolute atomic E-state index is 0.0120. The van der Waals surface area contributed by atoms with Gasteiger partial charge in [0.15, 0.2) is 5.96 Å². The zero-order valence-electron chi connectivity index (χ0n) is 15.1. The highest BCUT2D eigenvalue weighted by molar-refractivity contribution is 7.99. The molecule has 2 unspecified atom stereocenters. The van der Waals surface area contributed by atoms with Gasteiger partial charge in [-0.2, -0.15) is 11.8 Å². The lowest BCUT2D eigenvalue weighted by Crippen LogP contribution is -2.52. The Morgan fingerprint density at radius 3 is 2.92 bits per heavy atom. The number of carbonyl (C=O) groups excluding carboxylic acids is 1. The molecule has 0 aliphatic carbocycles. The van der Waals surface area contributed by atoms with Crippen molar-refractivity contribution < 1.29 is 9.53 Å². The lowest BCUT2D eigenvalue weighted by atomic mass is 9.90. The molecule has 2 aliphatic heterocycles. The third-order valence-electron chi connectivity index (χ3n) is 4.33. The van der Waals surface area contributed by atoms with Gasteiger partial charge >= 0.3 is 0 Å². The van der Waals surface area contributed by atoms with E-state index >= 15 is 0 Å². The van der Waals surface area contributed by atoms with E-state index in [1.165, 1.54) is 5.75 Å². The van der Waals surface area contributed by atoms with E-state index < -0.39 is 0 Å². The van der Waals surface area contributed by atoms with Crippen LogP contribution in [0, 0.1) is 0 Å². The van der Waals surface area contributed by atoms with Crippen molar-refractivity contribution in [2.24, 2.45) is 4.99 Å². The van der Waals surface area contributed by atoms with Crippen LogP contribution in [0.2, 0.25) is 0 Å². The number of amides is 1. The van der Waals surface area contributed by atoms with Crippen LogP contribution >= 0.6 is 11.8 Å². The van der Waals surface area contributed by atoms with Gasteiger partial charge in [0.2, 0.25) is 5.91 Å². The largest absolute Gasteiger partial charge is 0.374 e. The molecule has 1 spiro atoms. The molecule has 0 saturated carbocycles. The number of aliphatic imine (C=N–C) groups is 1. The van der Waals surface area contributed by atoms with Crippen molar-refractivity contribution in [1.29, 1.82) is 0 Å². The lowest BCUT2D eigenvalue weighted by Gasteiger charge is -2.38. The number of rotatable bonds is 5. The maximum atomic E-state index is 11.8. The molecule has 2 atom stereocenters. The lowest BCUT2D eigenvalue weighted by molar-refractivity contribution is -0.127. The van der Waals surface area contributed by atoms with Crippen molar-refractivity contribution in [3.63, 3.8) is 0 Å². The van der Waals surface area contributed by atoms with E-state index in [4.69, 9.17) is 4.74 Å². The maximum Gasteiger partial charge on any atom is 0.243 e. The second-order valence-corrected chi connectivity index (χ2v) is 8.04. The van der Waals surface area contributed by atoms with Gasteiger partial charge < -0.3 is 20.3 Å². The number of guanidine groups is 1. The van der Waals surface area contributed by atoms with Gasteiger partial charge in [0.05, 0.1) is 5.60 Å². The number of thioether (sulfide) groups is 1. The highest BCUT2D eigenvalue weighted by Gasteiger charge is 2.40. The Hall–Kier alpha value is -1.21. The number of hydrogen-bond donors (Lipinski definition) is 2. The minimum atomic E-state index is -0.0120. The van der Waals surface area contributed by atoms with Crippen LogP contribution in [0.4, 0.5) is 0 Å². The summed E-state index contributed by atoms with van der Waals surface area (Å²) >= 11 is 1.97. The predicted octanol–water partition coefficient (Wildman–Crippen LogP) is 1.24. The molecule has 2 N–H and O–H groups in total. The molecule has 2 rings (SSSR count). The summed E-state index contributed by atoms with van der Waals surface area (Å²) in [5.74, 6) is 2.93. The summed E-state index contributed by atoms with van der Waals surface area (Å²) in [5, 5.41) is 6.76. The molecular weight excluding hydrogens is 324 g/mol. The van der Waals surface area contributed by atoms with E-state index in [-0.39, 0.29) is 18.1 Å². The SMILES string of the molecule is C=C(C)CNC(=NCC(=O)N(C)C)NC1CCOC2(CCSC2)C1. The summed E-state index contributed by atoms with van der Waals surface area (Å²) < 4.78 is 6.07. The van der Waals surface area contributed by atoms with Gasteiger partial charge in [0, 0.05) is 39.0 Å². The fourth-order valence-corrected chi connectivity index (χ4v) is 4.26. The van der Waals surface area contributed by atoms with E-state index in [0.717, 1.165) is 37.2 Å². The fraction of sp³-hybridized carbons (Fsp3) is 0.765. The predicted molar refractivity (Wildman–Crippen MR) is 101 cm³/mol. The van der Waals surface area contributed by atoms with Crippen LogP contribution in [0.1, 0.15) is 26.2 Å². The number of nitrogens with one attached hydrogen (secondary N) is 2.